The standard InChI is InChI=1S/C13H15ClFNO4S/c1-4-5-16(8(2)3)21(19,20)11-7-9(14)6-10(12(11)15)13(17)18/h4,6-8H,1,5H2,2-3H3,(H,17,18). The zero-order valence-corrected chi connectivity index (χ0v) is 13.1. The monoisotopic (exact) mass is 335 g/mol. The third-order valence-corrected chi connectivity index (χ3v) is 4.97. The molecule has 116 valence electrons. The van der Waals surface area contributed by atoms with E-state index in [1.165, 1.54) is 6.08 Å². The first-order valence-electron chi connectivity index (χ1n) is 5.98. The topological polar surface area (TPSA) is 74.7 Å². The third-order valence-electron chi connectivity index (χ3n) is 2.71. The summed E-state index contributed by atoms with van der Waals surface area (Å²) >= 11 is 5.70. The van der Waals surface area contributed by atoms with Crippen molar-refractivity contribution in [2.24, 2.45) is 0 Å². The van der Waals surface area contributed by atoms with Crippen molar-refractivity contribution in [3.05, 3.63) is 41.2 Å². The van der Waals surface area contributed by atoms with E-state index in [0.29, 0.717) is 0 Å². The van der Waals surface area contributed by atoms with Crippen molar-refractivity contribution in [2.45, 2.75) is 24.8 Å². The van der Waals surface area contributed by atoms with Crippen molar-refractivity contribution < 1.29 is 22.7 Å². The Labute approximate surface area is 127 Å². The van der Waals surface area contributed by atoms with E-state index in [4.69, 9.17) is 16.7 Å². The van der Waals surface area contributed by atoms with Gasteiger partial charge in [0.25, 0.3) is 0 Å². The molecule has 0 saturated heterocycles. The number of hydrogen-bond acceptors (Lipinski definition) is 3. The van der Waals surface area contributed by atoms with Gasteiger partial charge in [0.2, 0.25) is 10.0 Å². The molecule has 0 bridgehead atoms. The summed E-state index contributed by atoms with van der Waals surface area (Å²) in [7, 11) is -4.23. The van der Waals surface area contributed by atoms with Gasteiger partial charge < -0.3 is 5.11 Å². The number of carbonyl (C=O) groups is 1. The number of sulfonamides is 1. The molecule has 0 atom stereocenters. The average Bonchev–Trinajstić information content (AvgIpc) is 2.37. The molecule has 0 aromatic heterocycles. The Kier molecular flexibility index (Phi) is 5.49. The van der Waals surface area contributed by atoms with Gasteiger partial charge in [-0.15, -0.1) is 6.58 Å². The normalized spacial score (nSPS) is 11.9. The molecule has 0 spiro atoms. The molecule has 0 heterocycles. The molecular weight excluding hydrogens is 321 g/mol. The Morgan fingerprint density at radius 2 is 2.10 bits per heavy atom. The van der Waals surface area contributed by atoms with Crippen molar-refractivity contribution in [3.63, 3.8) is 0 Å². The van der Waals surface area contributed by atoms with Gasteiger partial charge in [-0.2, -0.15) is 4.31 Å². The van der Waals surface area contributed by atoms with E-state index in [-0.39, 0.29) is 11.6 Å². The van der Waals surface area contributed by atoms with Crippen LogP contribution in [0.1, 0.15) is 24.2 Å². The van der Waals surface area contributed by atoms with Crippen LogP contribution in [0.25, 0.3) is 0 Å². The zero-order valence-electron chi connectivity index (χ0n) is 11.5. The van der Waals surface area contributed by atoms with Gasteiger partial charge in [0.1, 0.15) is 4.90 Å². The highest BCUT2D eigenvalue weighted by Gasteiger charge is 2.31. The van der Waals surface area contributed by atoms with Crippen LogP contribution in [0.4, 0.5) is 4.39 Å². The quantitative estimate of drug-likeness (QED) is 0.811. The molecular formula is C13H15ClFNO4S. The molecule has 1 aromatic carbocycles. The number of aromatic carboxylic acids is 1. The molecule has 0 saturated carbocycles. The van der Waals surface area contributed by atoms with E-state index < -0.39 is 38.3 Å². The second-order valence-electron chi connectivity index (χ2n) is 4.53. The van der Waals surface area contributed by atoms with Crippen LogP contribution in [0.5, 0.6) is 0 Å². The van der Waals surface area contributed by atoms with E-state index >= 15 is 0 Å². The number of carboxylic acids is 1. The Balaban J connectivity index is 3.57. The summed E-state index contributed by atoms with van der Waals surface area (Å²) in [5.41, 5.74) is -0.789. The van der Waals surface area contributed by atoms with Crippen LogP contribution in [0, 0.1) is 5.82 Å². The predicted molar refractivity (Wildman–Crippen MR) is 77.6 cm³/mol. The lowest BCUT2D eigenvalue weighted by Gasteiger charge is -2.25. The van der Waals surface area contributed by atoms with Gasteiger partial charge in [0, 0.05) is 17.6 Å². The third kappa shape index (κ3) is 3.61. The summed E-state index contributed by atoms with van der Waals surface area (Å²) in [5, 5.41) is 8.74. The van der Waals surface area contributed by atoms with Crippen LogP contribution in [0.15, 0.2) is 29.7 Å². The van der Waals surface area contributed by atoms with Gasteiger partial charge in [-0.05, 0) is 26.0 Å². The Bertz CT molecular complexity index is 673. The summed E-state index contributed by atoms with van der Waals surface area (Å²) in [5.74, 6) is -2.92. The fraction of sp³-hybridized carbons (Fsp3) is 0.308. The van der Waals surface area contributed by atoms with Crippen LogP contribution in [0.3, 0.4) is 0 Å². The first kappa shape index (κ1) is 17.6. The van der Waals surface area contributed by atoms with E-state index in [0.717, 1.165) is 16.4 Å². The van der Waals surface area contributed by atoms with E-state index in [9.17, 15) is 17.6 Å². The Morgan fingerprint density at radius 3 is 2.52 bits per heavy atom. The highest BCUT2D eigenvalue weighted by Crippen LogP contribution is 2.27. The zero-order chi connectivity index (χ0) is 16.4. The van der Waals surface area contributed by atoms with Crippen LogP contribution < -0.4 is 0 Å². The number of nitrogens with zero attached hydrogens (tertiary/aromatic N) is 1. The van der Waals surface area contributed by atoms with Crippen molar-refractivity contribution in [1.82, 2.24) is 4.31 Å². The highest BCUT2D eigenvalue weighted by atomic mass is 35.5. The molecule has 1 aromatic rings. The highest BCUT2D eigenvalue weighted by molar-refractivity contribution is 7.89. The molecule has 0 aliphatic carbocycles. The average molecular weight is 336 g/mol. The fourth-order valence-corrected chi connectivity index (χ4v) is 3.75. The fourth-order valence-electron chi connectivity index (χ4n) is 1.75. The molecule has 0 radical (unpaired) electrons. The van der Waals surface area contributed by atoms with Crippen molar-refractivity contribution in [2.75, 3.05) is 6.54 Å². The number of rotatable bonds is 6. The largest absolute Gasteiger partial charge is 0.478 e. The van der Waals surface area contributed by atoms with Gasteiger partial charge in [-0.1, -0.05) is 17.7 Å². The van der Waals surface area contributed by atoms with Crippen molar-refractivity contribution in [3.8, 4) is 0 Å². The Hall–Kier alpha value is -1.44. The van der Waals surface area contributed by atoms with Gasteiger partial charge in [-0.3, -0.25) is 0 Å². The minimum atomic E-state index is -4.23. The molecule has 8 heteroatoms. The Morgan fingerprint density at radius 1 is 1.52 bits per heavy atom. The van der Waals surface area contributed by atoms with Gasteiger partial charge in [-0.25, -0.2) is 17.6 Å². The molecule has 0 fully saturated rings. The van der Waals surface area contributed by atoms with Crippen LogP contribution in [0.2, 0.25) is 5.02 Å². The lowest BCUT2D eigenvalue weighted by atomic mass is 10.2. The van der Waals surface area contributed by atoms with Crippen molar-refractivity contribution in [1.29, 1.82) is 0 Å². The summed E-state index contributed by atoms with van der Waals surface area (Å²) in [6, 6.07) is 1.31. The number of hydrogen-bond donors (Lipinski definition) is 1. The van der Waals surface area contributed by atoms with Gasteiger partial charge in [0.05, 0.1) is 5.56 Å². The second kappa shape index (κ2) is 6.55. The SMILES string of the molecule is C=CCN(C(C)C)S(=O)(=O)c1cc(Cl)cc(C(=O)O)c1F. The first-order valence-corrected chi connectivity index (χ1v) is 7.79. The molecule has 0 aliphatic heterocycles. The van der Waals surface area contributed by atoms with Crippen LogP contribution in [-0.2, 0) is 10.0 Å². The molecule has 0 unspecified atom stereocenters. The lowest BCUT2D eigenvalue weighted by Crippen LogP contribution is -2.37. The van der Waals surface area contributed by atoms with E-state index in [1.54, 1.807) is 13.8 Å². The molecule has 0 aliphatic rings. The van der Waals surface area contributed by atoms with Gasteiger partial charge >= 0.3 is 5.97 Å². The number of benzene rings is 1. The van der Waals surface area contributed by atoms with Gasteiger partial charge in [0.15, 0.2) is 5.82 Å². The minimum absolute atomic E-state index is 0.0334. The maximum Gasteiger partial charge on any atom is 0.338 e. The van der Waals surface area contributed by atoms with E-state index in [2.05, 4.69) is 6.58 Å². The van der Waals surface area contributed by atoms with Crippen LogP contribution >= 0.6 is 11.6 Å². The molecule has 5 nitrogen and oxygen atoms in total. The number of halogens is 2. The van der Waals surface area contributed by atoms with E-state index in [1.807, 2.05) is 0 Å². The molecule has 21 heavy (non-hydrogen) atoms. The van der Waals surface area contributed by atoms with Crippen molar-refractivity contribution >= 4 is 27.6 Å². The first-order chi connectivity index (χ1) is 9.62. The second-order valence-corrected chi connectivity index (χ2v) is 6.82. The summed E-state index contributed by atoms with van der Waals surface area (Å²) in [6.45, 7) is 6.65. The predicted octanol–water partition coefficient (Wildman–Crippen LogP) is 2.76. The summed E-state index contributed by atoms with van der Waals surface area (Å²) in [4.78, 5) is 10.2. The maximum atomic E-state index is 14.2. The minimum Gasteiger partial charge on any atom is -0.478 e. The smallest absolute Gasteiger partial charge is 0.338 e. The summed E-state index contributed by atoms with van der Waals surface area (Å²) < 4.78 is 40.2. The van der Waals surface area contributed by atoms with Crippen LogP contribution in [-0.4, -0.2) is 36.4 Å². The molecule has 1 N–H and O–H groups in total. The molecule has 0 amide bonds. The maximum absolute atomic E-state index is 14.2. The molecule has 1 rings (SSSR count). The summed E-state index contributed by atoms with van der Waals surface area (Å²) in [6.07, 6.45) is 1.36. The number of carboxylic acid groups (broad SMARTS) is 1. The lowest BCUT2D eigenvalue weighted by molar-refractivity contribution is 0.0691.